The molecule has 14 heteroatoms. The summed E-state index contributed by atoms with van der Waals surface area (Å²) in [4.78, 5) is 13.2. The van der Waals surface area contributed by atoms with Gasteiger partial charge in [0.1, 0.15) is 48.8 Å². The Bertz CT molecular complexity index is 1070. The highest BCUT2D eigenvalue weighted by atomic mass is 16.7. The molecule has 2 heterocycles. The van der Waals surface area contributed by atoms with Gasteiger partial charge in [-0.25, -0.2) is 0 Å². The van der Waals surface area contributed by atoms with Crippen LogP contribution in [0.5, 0.6) is 0 Å². The molecule has 2 aliphatic rings. The van der Waals surface area contributed by atoms with E-state index in [-0.39, 0.29) is 12.5 Å². The maximum absolute atomic E-state index is 13.2. The lowest BCUT2D eigenvalue weighted by atomic mass is 9.97. The number of carbonyl (C=O) groups excluding carboxylic acids is 1. The van der Waals surface area contributed by atoms with Crippen molar-refractivity contribution in [2.24, 2.45) is 0 Å². The van der Waals surface area contributed by atoms with E-state index in [2.05, 4.69) is 19.2 Å². The minimum atomic E-state index is -1.78. The molecule has 0 saturated carbocycles. The average molecular weight is 906 g/mol. The molecule has 63 heavy (non-hydrogen) atoms. The van der Waals surface area contributed by atoms with Gasteiger partial charge in [0.25, 0.3) is 0 Å². The molecule has 0 aliphatic carbocycles. The van der Waals surface area contributed by atoms with E-state index < -0.39 is 86.8 Å². The van der Waals surface area contributed by atoms with E-state index in [0.717, 1.165) is 51.4 Å². The van der Waals surface area contributed by atoms with E-state index in [1.54, 1.807) is 0 Å². The van der Waals surface area contributed by atoms with Gasteiger partial charge in [0, 0.05) is 6.42 Å². The fourth-order valence-electron chi connectivity index (χ4n) is 8.83. The van der Waals surface area contributed by atoms with Gasteiger partial charge in [-0.2, -0.15) is 0 Å². The molecule has 14 nitrogen and oxygen atoms in total. The molecule has 1 amide bonds. The quantitative estimate of drug-likeness (QED) is 0.0296. The van der Waals surface area contributed by atoms with Crippen molar-refractivity contribution >= 4 is 5.91 Å². The van der Waals surface area contributed by atoms with E-state index in [1.165, 1.54) is 135 Å². The smallest absolute Gasteiger partial charge is 0.220 e. The van der Waals surface area contributed by atoms with Crippen LogP contribution in [0.1, 0.15) is 213 Å². The van der Waals surface area contributed by atoms with Gasteiger partial charge >= 0.3 is 0 Å². The Morgan fingerprint density at radius 3 is 1.35 bits per heavy atom. The predicted molar refractivity (Wildman–Crippen MR) is 245 cm³/mol. The van der Waals surface area contributed by atoms with Gasteiger partial charge in [-0.05, 0) is 12.8 Å². The largest absolute Gasteiger partial charge is 0.394 e. The Labute approximate surface area is 381 Å². The molecule has 2 rings (SSSR count). The third-order valence-corrected chi connectivity index (χ3v) is 13.1. The summed E-state index contributed by atoms with van der Waals surface area (Å²) in [5.74, 6) is -0.205. The van der Waals surface area contributed by atoms with Crippen molar-refractivity contribution in [3.8, 4) is 0 Å². The van der Waals surface area contributed by atoms with Crippen molar-refractivity contribution in [1.82, 2.24) is 5.32 Å². The van der Waals surface area contributed by atoms with Crippen LogP contribution in [0.25, 0.3) is 0 Å². The summed E-state index contributed by atoms with van der Waals surface area (Å²) in [6.07, 6.45) is 19.8. The lowest BCUT2D eigenvalue weighted by Gasteiger charge is -2.46. The molecule has 2 aliphatic heterocycles. The lowest BCUT2D eigenvalue weighted by molar-refractivity contribution is -0.359. The molecule has 0 aromatic heterocycles. The van der Waals surface area contributed by atoms with E-state index in [1.807, 2.05) is 0 Å². The number of rotatable bonds is 40. The van der Waals surface area contributed by atoms with Gasteiger partial charge < -0.3 is 65.1 Å². The Kier molecular flexibility index (Phi) is 34.2. The zero-order valence-electron chi connectivity index (χ0n) is 39.6. The molecule has 0 aromatic rings. The molecule has 0 bridgehead atoms. The van der Waals surface area contributed by atoms with E-state index in [9.17, 15) is 45.6 Å². The Hall–Kier alpha value is -1.01. The highest BCUT2D eigenvalue weighted by Crippen LogP contribution is 2.30. The first-order chi connectivity index (χ1) is 30.6. The third kappa shape index (κ3) is 24.5. The molecule has 12 atom stereocenters. The van der Waals surface area contributed by atoms with E-state index in [4.69, 9.17) is 18.9 Å². The number of amides is 1. The fourth-order valence-corrected chi connectivity index (χ4v) is 8.83. The molecule has 2 saturated heterocycles. The van der Waals surface area contributed by atoms with Crippen LogP contribution in [0, 0.1) is 0 Å². The van der Waals surface area contributed by atoms with Crippen LogP contribution in [0.2, 0.25) is 0 Å². The highest BCUT2D eigenvalue weighted by molar-refractivity contribution is 5.76. The van der Waals surface area contributed by atoms with Gasteiger partial charge in [0.15, 0.2) is 12.6 Å². The summed E-state index contributed by atoms with van der Waals surface area (Å²) in [6.45, 7) is 2.84. The van der Waals surface area contributed by atoms with E-state index >= 15 is 0 Å². The molecule has 12 unspecified atom stereocenters. The summed E-state index contributed by atoms with van der Waals surface area (Å²) in [5, 5.41) is 86.7. The molecule has 9 N–H and O–H groups in total. The molecule has 0 spiro atoms. The number of carbonyl (C=O) groups is 1. The topological polar surface area (TPSA) is 228 Å². The maximum Gasteiger partial charge on any atom is 0.220 e. The Balaban J connectivity index is 1.76. The number of hydrogen-bond donors (Lipinski definition) is 9. The number of hydrogen-bond acceptors (Lipinski definition) is 13. The van der Waals surface area contributed by atoms with Gasteiger partial charge in [-0.1, -0.05) is 194 Å². The zero-order valence-corrected chi connectivity index (χ0v) is 39.6. The van der Waals surface area contributed by atoms with Crippen LogP contribution in [0.15, 0.2) is 0 Å². The monoisotopic (exact) mass is 906 g/mol. The summed E-state index contributed by atoms with van der Waals surface area (Å²) >= 11 is 0. The van der Waals surface area contributed by atoms with Crippen molar-refractivity contribution in [1.29, 1.82) is 0 Å². The van der Waals surface area contributed by atoms with Crippen LogP contribution >= 0.6 is 0 Å². The maximum atomic E-state index is 13.2. The lowest BCUT2D eigenvalue weighted by Crippen LogP contribution is -2.65. The summed E-state index contributed by atoms with van der Waals surface area (Å²) in [7, 11) is 0. The standard InChI is InChI=1S/C49H95NO13/c1-3-5-7-9-11-13-14-15-16-17-18-19-20-21-22-23-25-27-29-31-33-41(54)50-37(38(53)32-30-28-26-24-12-10-8-6-4-2)36-60-48-46(59)44(57)47(40(35-52)62-48)63-49-45(58)43(56)42(55)39(34-51)61-49/h37-40,42-49,51-53,55-59H,3-36H2,1-2H3,(H,50,54). The Morgan fingerprint density at radius 2 is 0.905 bits per heavy atom. The van der Waals surface area contributed by atoms with Crippen LogP contribution in [0.3, 0.4) is 0 Å². The van der Waals surface area contributed by atoms with Gasteiger partial charge in [0.05, 0.1) is 32.0 Å². The van der Waals surface area contributed by atoms with Crippen molar-refractivity contribution in [3.63, 3.8) is 0 Å². The molecular weight excluding hydrogens is 811 g/mol. The van der Waals surface area contributed by atoms with Gasteiger partial charge in [-0.3, -0.25) is 4.79 Å². The normalized spacial score (nSPS) is 27.4. The summed E-state index contributed by atoms with van der Waals surface area (Å²) in [6, 6.07) is -0.819. The second kappa shape index (κ2) is 37.0. The molecular formula is C49H95NO13. The number of nitrogens with one attached hydrogen (secondary N) is 1. The van der Waals surface area contributed by atoms with Crippen molar-refractivity contribution in [3.05, 3.63) is 0 Å². The first-order valence-electron chi connectivity index (χ1n) is 25.8. The molecule has 0 radical (unpaired) electrons. The Morgan fingerprint density at radius 1 is 0.508 bits per heavy atom. The second-order valence-electron chi connectivity index (χ2n) is 18.7. The first kappa shape index (κ1) is 58.1. The molecule has 0 aromatic carbocycles. The average Bonchev–Trinajstić information content (AvgIpc) is 3.28. The first-order valence-corrected chi connectivity index (χ1v) is 25.8. The second-order valence-corrected chi connectivity index (χ2v) is 18.7. The third-order valence-electron chi connectivity index (χ3n) is 13.1. The van der Waals surface area contributed by atoms with Crippen molar-refractivity contribution < 1.29 is 64.6 Å². The van der Waals surface area contributed by atoms with Gasteiger partial charge in [0.2, 0.25) is 5.91 Å². The predicted octanol–water partition coefficient (Wildman–Crippen LogP) is 6.61. The summed E-state index contributed by atoms with van der Waals surface area (Å²) < 4.78 is 22.7. The van der Waals surface area contributed by atoms with Crippen molar-refractivity contribution in [2.75, 3.05) is 19.8 Å². The van der Waals surface area contributed by atoms with E-state index in [0.29, 0.717) is 12.8 Å². The minimum Gasteiger partial charge on any atom is -0.394 e. The SMILES string of the molecule is CCCCCCCCCCCCCCCCCCCCCCC(=O)NC(COC1OC(CO)C(OC2OC(CO)C(O)C(O)C2O)C(O)C1O)C(O)CCCCCCCCCCC. The number of unbranched alkanes of at least 4 members (excludes halogenated alkanes) is 27. The highest BCUT2D eigenvalue weighted by Gasteiger charge is 2.51. The van der Waals surface area contributed by atoms with Crippen LogP contribution < -0.4 is 5.32 Å². The summed E-state index contributed by atoms with van der Waals surface area (Å²) in [5.41, 5.74) is 0. The van der Waals surface area contributed by atoms with Gasteiger partial charge in [-0.15, -0.1) is 0 Å². The number of aliphatic hydroxyl groups is 8. The minimum absolute atomic E-state index is 0.205. The van der Waals surface area contributed by atoms with Crippen LogP contribution in [-0.2, 0) is 23.7 Å². The fraction of sp³-hybridized carbons (Fsp3) is 0.980. The molecule has 374 valence electrons. The van der Waals surface area contributed by atoms with Crippen LogP contribution in [-0.4, -0.2) is 140 Å². The number of ether oxygens (including phenoxy) is 4. The van der Waals surface area contributed by atoms with Crippen molar-refractivity contribution in [2.45, 2.75) is 286 Å². The molecule has 2 fully saturated rings. The number of aliphatic hydroxyl groups excluding tert-OH is 8. The zero-order chi connectivity index (χ0) is 46.1. The van der Waals surface area contributed by atoms with Crippen LogP contribution in [0.4, 0.5) is 0 Å².